The van der Waals surface area contributed by atoms with Gasteiger partial charge in [-0.05, 0) is 12.6 Å². The van der Waals surface area contributed by atoms with E-state index in [1.54, 1.807) is 25.2 Å². The summed E-state index contributed by atoms with van der Waals surface area (Å²) in [4.78, 5) is 26.6. The first-order chi connectivity index (χ1) is 10.0. The molecule has 1 fully saturated rings. The molecule has 1 unspecified atom stereocenters. The molecule has 0 saturated carbocycles. The van der Waals surface area contributed by atoms with Gasteiger partial charge in [0.05, 0.1) is 6.04 Å². The van der Waals surface area contributed by atoms with E-state index in [-0.39, 0.29) is 18.4 Å². The minimum Gasteiger partial charge on any atom is -0.336 e. The lowest BCUT2D eigenvalue weighted by Gasteiger charge is -2.34. The Morgan fingerprint density at radius 1 is 1.24 bits per heavy atom. The van der Waals surface area contributed by atoms with Crippen molar-refractivity contribution < 1.29 is 14.0 Å². The van der Waals surface area contributed by atoms with Crippen LogP contribution in [0, 0.1) is 5.82 Å². The van der Waals surface area contributed by atoms with Crippen molar-refractivity contribution in [2.45, 2.75) is 13.0 Å². The van der Waals surface area contributed by atoms with E-state index >= 15 is 0 Å². The molecule has 1 heterocycles. The molecule has 2 amide bonds. The third-order valence-electron chi connectivity index (χ3n) is 3.66. The van der Waals surface area contributed by atoms with Gasteiger partial charge in [0.15, 0.2) is 0 Å². The van der Waals surface area contributed by atoms with Crippen molar-refractivity contribution in [2.75, 3.05) is 33.2 Å². The number of amides is 2. The van der Waals surface area contributed by atoms with E-state index in [1.807, 2.05) is 6.92 Å². The summed E-state index contributed by atoms with van der Waals surface area (Å²) < 4.78 is 13.9. The van der Waals surface area contributed by atoms with E-state index in [4.69, 9.17) is 0 Å². The standard InChI is InChI=1S/C15H20FN3O2/c1-3-17-13(11-6-4-5-7-12(11)16)10-19-9-8-18(2)14(20)15(19)21/h4-7,13,17H,3,8-10H2,1-2H3. The highest BCUT2D eigenvalue weighted by atomic mass is 19.1. The van der Waals surface area contributed by atoms with Gasteiger partial charge in [-0.3, -0.25) is 9.59 Å². The van der Waals surface area contributed by atoms with Gasteiger partial charge in [0.2, 0.25) is 0 Å². The molecule has 0 bridgehead atoms. The highest BCUT2D eigenvalue weighted by Crippen LogP contribution is 2.19. The molecular formula is C15H20FN3O2. The minimum atomic E-state index is -0.525. The first-order valence-electron chi connectivity index (χ1n) is 7.06. The Labute approximate surface area is 123 Å². The Balaban J connectivity index is 2.15. The molecular weight excluding hydrogens is 273 g/mol. The predicted octanol–water partition coefficient (Wildman–Crippen LogP) is 0.777. The fourth-order valence-electron chi connectivity index (χ4n) is 2.44. The number of hydrogen-bond donors (Lipinski definition) is 1. The topological polar surface area (TPSA) is 52.6 Å². The second-order valence-corrected chi connectivity index (χ2v) is 5.11. The van der Waals surface area contributed by atoms with Crippen molar-refractivity contribution in [3.63, 3.8) is 0 Å². The summed E-state index contributed by atoms with van der Waals surface area (Å²) in [6, 6.07) is 6.17. The fraction of sp³-hybridized carbons (Fsp3) is 0.467. The number of likely N-dealkylation sites (N-methyl/N-ethyl adjacent to an activating group) is 2. The summed E-state index contributed by atoms with van der Waals surface area (Å²) >= 11 is 0. The second-order valence-electron chi connectivity index (χ2n) is 5.11. The Hall–Kier alpha value is -1.95. The van der Waals surface area contributed by atoms with E-state index in [0.29, 0.717) is 25.2 Å². The molecule has 1 N–H and O–H groups in total. The van der Waals surface area contributed by atoms with Gasteiger partial charge >= 0.3 is 11.8 Å². The van der Waals surface area contributed by atoms with Crippen LogP contribution in [0.4, 0.5) is 4.39 Å². The number of carbonyl (C=O) groups excluding carboxylic acids is 2. The molecule has 2 rings (SSSR count). The quantitative estimate of drug-likeness (QED) is 0.816. The van der Waals surface area contributed by atoms with Gasteiger partial charge in [-0.25, -0.2) is 4.39 Å². The number of rotatable bonds is 5. The molecule has 0 aliphatic carbocycles. The molecule has 0 aromatic heterocycles. The van der Waals surface area contributed by atoms with Crippen LogP contribution in [0.1, 0.15) is 18.5 Å². The van der Waals surface area contributed by atoms with E-state index in [2.05, 4.69) is 5.32 Å². The molecule has 21 heavy (non-hydrogen) atoms. The Kier molecular flexibility index (Phi) is 4.90. The third kappa shape index (κ3) is 3.39. The largest absolute Gasteiger partial charge is 0.336 e. The van der Waals surface area contributed by atoms with Crippen LogP contribution in [-0.2, 0) is 9.59 Å². The van der Waals surface area contributed by atoms with Gasteiger partial charge in [-0.2, -0.15) is 0 Å². The first kappa shape index (κ1) is 15.4. The van der Waals surface area contributed by atoms with Crippen molar-refractivity contribution >= 4 is 11.8 Å². The molecule has 114 valence electrons. The molecule has 1 aliphatic rings. The molecule has 1 aliphatic heterocycles. The summed E-state index contributed by atoms with van der Waals surface area (Å²) in [7, 11) is 1.61. The number of nitrogens with zero attached hydrogens (tertiary/aromatic N) is 2. The number of carbonyl (C=O) groups is 2. The van der Waals surface area contributed by atoms with Gasteiger partial charge in [0.1, 0.15) is 5.82 Å². The molecule has 1 saturated heterocycles. The number of piperazine rings is 1. The second kappa shape index (κ2) is 6.67. The average Bonchev–Trinajstić information content (AvgIpc) is 2.48. The van der Waals surface area contributed by atoms with Crippen molar-refractivity contribution in [3.05, 3.63) is 35.6 Å². The highest BCUT2D eigenvalue weighted by Gasteiger charge is 2.32. The van der Waals surface area contributed by atoms with Crippen LogP contribution in [0.3, 0.4) is 0 Å². The fourth-order valence-corrected chi connectivity index (χ4v) is 2.44. The zero-order valence-corrected chi connectivity index (χ0v) is 12.3. The van der Waals surface area contributed by atoms with E-state index in [1.165, 1.54) is 15.9 Å². The SMILES string of the molecule is CCNC(CN1CCN(C)C(=O)C1=O)c1ccccc1F. The van der Waals surface area contributed by atoms with Crippen LogP contribution in [-0.4, -0.2) is 54.8 Å². The molecule has 6 heteroatoms. The lowest BCUT2D eigenvalue weighted by molar-refractivity contribution is -0.155. The number of halogens is 1. The monoisotopic (exact) mass is 293 g/mol. The predicted molar refractivity (Wildman–Crippen MR) is 77.0 cm³/mol. The Morgan fingerprint density at radius 3 is 2.62 bits per heavy atom. The smallest absolute Gasteiger partial charge is 0.312 e. The van der Waals surface area contributed by atoms with Crippen molar-refractivity contribution in [1.29, 1.82) is 0 Å². The summed E-state index contributed by atoms with van der Waals surface area (Å²) in [5.41, 5.74) is 0.513. The molecule has 1 aromatic rings. The van der Waals surface area contributed by atoms with Gasteiger partial charge in [0, 0.05) is 32.2 Å². The van der Waals surface area contributed by atoms with Crippen LogP contribution < -0.4 is 5.32 Å². The van der Waals surface area contributed by atoms with E-state index in [9.17, 15) is 14.0 Å². The zero-order chi connectivity index (χ0) is 15.4. The molecule has 0 spiro atoms. The van der Waals surface area contributed by atoms with Crippen molar-refractivity contribution in [2.24, 2.45) is 0 Å². The first-order valence-corrected chi connectivity index (χ1v) is 7.06. The highest BCUT2D eigenvalue weighted by molar-refractivity contribution is 6.35. The molecule has 0 radical (unpaired) electrons. The van der Waals surface area contributed by atoms with Crippen LogP contribution in [0.25, 0.3) is 0 Å². The van der Waals surface area contributed by atoms with Crippen LogP contribution >= 0.6 is 0 Å². The maximum absolute atomic E-state index is 13.9. The summed E-state index contributed by atoms with van der Waals surface area (Å²) in [6.45, 7) is 3.82. The normalized spacial score (nSPS) is 17.3. The number of nitrogens with one attached hydrogen (secondary N) is 1. The van der Waals surface area contributed by atoms with Crippen LogP contribution in [0.5, 0.6) is 0 Å². The van der Waals surface area contributed by atoms with Gasteiger partial charge in [-0.1, -0.05) is 25.1 Å². The number of benzene rings is 1. The summed E-state index contributed by atoms with van der Waals surface area (Å²) in [6.07, 6.45) is 0. The van der Waals surface area contributed by atoms with E-state index < -0.39 is 11.8 Å². The lowest BCUT2D eigenvalue weighted by Crippen LogP contribution is -2.54. The zero-order valence-electron chi connectivity index (χ0n) is 12.3. The minimum absolute atomic E-state index is 0.285. The molecule has 5 nitrogen and oxygen atoms in total. The summed E-state index contributed by atoms with van der Waals surface area (Å²) in [5.74, 6) is -1.34. The third-order valence-corrected chi connectivity index (χ3v) is 3.66. The van der Waals surface area contributed by atoms with Crippen molar-refractivity contribution in [3.8, 4) is 0 Å². The van der Waals surface area contributed by atoms with Crippen molar-refractivity contribution in [1.82, 2.24) is 15.1 Å². The van der Waals surface area contributed by atoms with Crippen LogP contribution in [0.2, 0.25) is 0 Å². The maximum atomic E-state index is 13.9. The number of hydrogen-bond acceptors (Lipinski definition) is 3. The molecule has 1 atom stereocenters. The summed E-state index contributed by atoms with van der Waals surface area (Å²) in [5, 5.41) is 3.17. The average molecular weight is 293 g/mol. The maximum Gasteiger partial charge on any atom is 0.312 e. The van der Waals surface area contributed by atoms with Gasteiger partial charge in [-0.15, -0.1) is 0 Å². The molecule has 1 aromatic carbocycles. The lowest BCUT2D eigenvalue weighted by atomic mass is 10.0. The Morgan fingerprint density at radius 2 is 1.95 bits per heavy atom. The van der Waals surface area contributed by atoms with Crippen LogP contribution in [0.15, 0.2) is 24.3 Å². The van der Waals surface area contributed by atoms with E-state index in [0.717, 1.165) is 0 Å². The van der Waals surface area contributed by atoms with Gasteiger partial charge in [0.25, 0.3) is 0 Å². The Bertz CT molecular complexity index is 535. The van der Waals surface area contributed by atoms with Gasteiger partial charge < -0.3 is 15.1 Å².